The molecule has 1 amide bonds. The van der Waals surface area contributed by atoms with Crippen LogP contribution in [0.3, 0.4) is 0 Å². The van der Waals surface area contributed by atoms with Crippen LogP contribution in [0.25, 0.3) is 0 Å². The third-order valence-electron chi connectivity index (χ3n) is 2.71. The van der Waals surface area contributed by atoms with Crippen molar-refractivity contribution in [1.29, 1.82) is 0 Å². The van der Waals surface area contributed by atoms with Gasteiger partial charge in [0.1, 0.15) is 0 Å². The molecular formula is C14H18N4O2S2. The number of amides is 1. The fourth-order valence-corrected chi connectivity index (χ4v) is 3.26. The molecule has 0 fully saturated rings. The van der Waals surface area contributed by atoms with Gasteiger partial charge in [-0.1, -0.05) is 32.5 Å². The van der Waals surface area contributed by atoms with E-state index in [2.05, 4.69) is 41.0 Å². The van der Waals surface area contributed by atoms with Gasteiger partial charge in [0, 0.05) is 22.6 Å². The van der Waals surface area contributed by atoms with Gasteiger partial charge < -0.3 is 10.3 Å². The first-order valence-electron chi connectivity index (χ1n) is 6.70. The Hall–Kier alpha value is -1.67. The van der Waals surface area contributed by atoms with Gasteiger partial charge in [0.2, 0.25) is 5.91 Å². The smallest absolute Gasteiger partial charge is 0.251 e. The minimum absolute atomic E-state index is 0.0425. The van der Waals surface area contributed by atoms with Crippen LogP contribution in [0, 0.1) is 6.92 Å². The lowest BCUT2D eigenvalue weighted by Gasteiger charge is -2.14. The molecule has 0 saturated heterocycles. The number of aromatic amines is 1. The highest BCUT2D eigenvalue weighted by molar-refractivity contribution is 7.99. The first kappa shape index (κ1) is 16.7. The maximum absolute atomic E-state index is 11.9. The van der Waals surface area contributed by atoms with E-state index in [1.165, 1.54) is 29.2 Å². The highest BCUT2D eigenvalue weighted by atomic mass is 32.2. The van der Waals surface area contributed by atoms with E-state index in [0.717, 1.165) is 5.69 Å². The number of hydrogen-bond donors (Lipinski definition) is 2. The fourth-order valence-electron chi connectivity index (χ4n) is 1.58. The Bertz CT molecular complexity index is 731. The third kappa shape index (κ3) is 4.67. The highest BCUT2D eigenvalue weighted by Gasteiger charge is 2.18. The number of aryl methyl sites for hydroxylation is 1. The second kappa shape index (κ2) is 6.62. The Morgan fingerprint density at radius 3 is 2.73 bits per heavy atom. The normalized spacial score (nSPS) is 11.5. The maximum Gasteiger partial charge on any atom is 0.251 e. The van der Waals surface area contributed by atoms with Gasteiger partial charge in [-0.3, -0.25) is 9.59 Å². The molecule has 0 bridgehead atoms. The second-order valence-electron chi connectivity index (χ2n) is 5.82. The van der Waals surface area contributed by atoms with Gasteiger partial charge in [-0.25, -0.2) is 9.97 Å². The number of thioether (sulfide) groups is 1. The van der Waals surface area contributed by atoms with Crippen molar-refractivity contribution in [2.75, 3.05) is 11.1 Å². The molecule has 0 aliphatic carbocycles. The molecule has 0 spiro atoms. The second-order valence-corrected chi connectivity index (χ2v) is 7.64. The molecule has 8 heteroatoms. The summed E-state index contributed by atoms with van der Waals surface area (Å²) < 4.78 is 0. The monoisotopic (exact) mass is 338 g/mol. The topological polar surface area (TPSA) is 87.7 Å². The highest BCUT2D eigenvalue weighted by Crippen LogP contribution is 2.26. The quantitative estimate of drug-likeness (QED) is 0.661. The average Bonchev–Trinajstić information content (AvgIpc) is 2.83. The van der Waals surface area contributed by atoms with Crippen molar-refractivity contribution >= 4 is 34.1 Å². The first-order valence-corrected chi connectivity index (χ1v) is 8.57. The van der Waals surface area contributed by atoms with E-state index in [1.54, 1.807) is 6.92 Å². The van der Waals surface area contributed by atoms with E-state index < -0.39 is 0 Å². The van der Waals surface area contributed by atoms with Gasteiger partial charge in [0.05, 0.1) is 11.4 Å². The number of anilines is 1. The molecule has 2 aromatic heterocycles. The maximum atomic E-state index is 11.9. The van der Waals surface area contributed by atoms with E-state index in [4.69, 9.17) is 0 Å². The Morgan fingerprint density at radius 1 is 1.41 bits per heavy atom. The zero-order chi connectivity index (χ0) is 16.3. The largest absolute Gasteiger partial charge is 0.301 e. The molecule has 2 heterocycles. The van der Waals surface area contributed by atoms with Crippen molar-refractivity contribution in [3.05, 3.63) is 33.2 Å². The molecule has 0 saturated carbocycles. The molecule has 0 unspecified atom stereocenters. The number of nitrogens with one attached hydrogen (secondary N) is 2. The molecule has 0 atom stereocenters. The molecule has 22 heavy (non-hydrogen) atoms. The molecule has 0 aliphatic heterocycles. The minimum atomic E-state index is -0.217. The number of hydrogen-bond acceptors (Lipinski definition) is 6. The lowest BCUT2D eigenvalue weighted by Crippen LogP contribution is -2.16. The zero-order valence-corrected chi connectivity index (χ0v) is 14.5. The minimum Gasteiger partial charge on any atom is -0.301 e. The van der Waals surface area contributed by atoms with Crippen LogP contribution in [-0.4, -0.2) is 26.6 Å². The summed E-state index contributed by atoms with van der Waals surface area (Å²) in [6.07, 6.45) is 0. The predicted molar refractivity (Wildman–Crippen MR) is 89.8 cm³/mol. The zero-order valence-electron chi connectivity index (χ0n) is 12.9. The molecule has 0 aromatic carbocycles. The number of rotatable bonds is 4. The molecule has 2 N–H and O–H groups in total. The van der Waals surface area contributed by atoms with Crippen LogP contribution in [-0.2, 0) is 10.2 Å². The summed E-state index contributed by atoms with van der Waals surface area (Å²) >= 11 is 2.59. The summed E-state index contributed by atoms with van der Waals surface area (Å²) in [6.45, 7) is 7.96. The van der Waals surface area contributed by atoms with Crippen molar-refractivity contribution in [2.24, 2.45) is 0 Å². The predicted octanol–water partition coefficient (Wildman–Crippen LogP) is 2.56. The standard InChI is InChI=1S/C14H18N4O2S2/c1-8-5-10(19)17-12(15-8)22-7-11(20)18-13-16-9(6-21-13)14(2,3)4/h5-6H,7H2,1-4H3,(H,15,17,19)(H,16,18,20). The van der Waals surface area contributed by atoms with E-state index in [-0.39, 0.29) is 22.6 Å². The van der Waals surface area contributed by atoms with Crippen molar-refractivity contribution in [1.82, 2.24) is 15.0 Å². The Morgan fingerprint density at radius 2 is 2.14 bits per heavy atom. The molecule has 0 aliphatic rings. The molecule has 0 radical (unpaired) electrons. The van der Waals surface area contributed by atoms with Gasteiger partial charge in [-0.15, -0.1) is 11.3 Å². The van der Waals surface area contributed by atoms with Crippen LogP contribution in [0.4, 0.5) is 5.13 Å². The van der Waals surface area contributed by atoms with Crippen molar-refractivity contribution in [2.45, 2.75) is 38.3 Å². The SMILES string of the molecule is Cc1cc(=O)[nH]c(SCC(=O)Nc2nc(C(C)(C)C)cs2)n1. The summed E-state index contributed by atoms with van der Waals surface area (Å²) in [5.74, 6) is -0.0134. The Labute approximate surface area is 136 Å². The molecule has 2 rings (SSSR count). The van der Waals surface area contributed by atoms with Crippen molar-refractivity contribution < 1.29 is 4.79 Å². The third-order valence-corrected chi connectivity index (χ3v) is 4.34. The fraction of sp³-hybridized carbons (Fsp3) is 0.429. The first-order chi connectivity index (χ1) is 10.2. The van der Waals surface area contributed by atoms with Gasteiger partial charge >= 0.3 is 0 Å². The van der Waals surface area contributed by atoms with Crippen molar-refractivity contribution in [3.8, 4) is 0 Å². The molecule has 118 valence electrons. The number of aromatic nitrogens is 3. The lowest BCUT2D eigenvalue weighted by molar-refractivity contribution is -0.113. The average molecular weight is 338 g/mol. The van der Waals surface area contributed by atoms with Crippen LogP contribution in [0.1, 0.15) is 32.2 Å². The van der Waals surface area contributed by atoms with Gasteiger partial charge in [-0.05, 0) is 6.92 Å². The Kier molecular flexibility index (Phi) is 5.02. The van der Waals surface area contributed by atoms with Crippen LogP contribution in [0.5, 0.6) is 0 Å². The van der Waals surface area contributed by atoms with Crippen molar-refractivity contribution in [3.63, 3.8) is 0 Å². The summed E-state index contributed by atoms with van der Waals surface area (Å²) in [4.78, 5) is 34.4. The van der Waals surface area contributed by atoms with Crippen LogP contribution in [0.15, 0.2) is 21.4 Å². The summed E-state index contributed by atoms with van der Waals surface area (Å²) in [5, 5.41) is 5.73. The van der Waals surface area contributed by atoms with Gasteiger partial charge in [0.15, 0.2) is 10.3 Å². The van der Waals surface area contributed by atoms with Crippen LogP contribution < -0.4 is 10.9 Å². The summed E-state index contributed by atoms with van der Waals surface area (Å²) in [5.41, 5.74) is 1.32. The number of carbonyl (C=O) groups is 1. The van der Waals surface area contributed by atoms with Gasteiger partial charge in [0.25, 0.3) is 5.56 Å². The molecule has 6 nitrogen and oxygen atoms in total. The van der Waals surface area contributed by atoms with E-state index in [9.17, 15) is 9.59 Å². The summed E-state index contributed by atoms with van der Waals surface area (Å²) in [7, 11) is 0. The van der Waals surface area contributed by atoms with Crippen LogP contribution in [0.2, 0.25) is 0 Å². The molecule has 2 aromatic rings. The van der Waals surface area contributed by atoms with E-state index >= 15 is 0 Å². The summed E-state index contributed by atoms with van der Waals surface area (Å²) in [6, 6.07) is 1.41. The van der Waals surface area contributed by atoms with Crippen LogP contribution >= 0.6 is 23.1 Å². The number of H-pyrrole nitrogens is 1. The number of thiazole rings is 1. The number of carbonyl (C=O) groups excluding carboxylic acids is 1. The molecular weight excluding hydrogens is 320 g/mol. The van der Waals surface area contributed by atoms with Gasteiger partial charge in [-0.2, -0.15) is 0 Å². The van der Waals surface area contributed by atoms with E-state index in [1.807, 2.05) is 5.38 Å². The lowest BCUT2D eigenvalue weighted by atomic mass is 9.93. The number of nitrogens with zero attached hydrogens (tertiary/aromatic N) is 2. The Balaban J connectivity index is 1.93. The van der Waals surface area contributed by atoms with E-state index in [0.29, 0.717) is 16.0 Å².